The molecule has 0 radical (unpaired) electrons. The first kappa shape index (κ1) is 18.6. The number of ether oxygens (including phenoxy) is 1. The summed E-state index contributed by atoms with van der Waals surface area (Å²) in [5, 5.41) is 2.74. The molecule has 0 aliphatic carbocycles. The minimum atomic E-state index is -2.63. The highest BCUT2D eigenvalue weighted by atomic mass is 19.3. The van der Waals surface area contributed by atoms with Crippen LogP contribution in [-0.4, -0.2) is 67.1 Å². The van der Waals surface area contributed by atoms with Crippen molar-refractivity contribution in [2.45, 2.75) is 32.3 Å². The average molecular weight is 367 g/mol. The summed E-state index contributed by atoms with van der Waals surface area (Å²) in [5.41, 5.74) is 1.74. The van der Waals surface area contributed by atoms with Gasteiger partial charge in [0, 0.05) is 30.9 Å². The smallest absolute Gasteiger partial charge is 0.322 e. The zero-order chi connectivity index (χ0) is 18.7. The predicted octanol–water partition coefficient (Wildman–Crippen LogP) is 2.73. The van der Waals surface area contributed by atoms with E-state index in [-0.39, 0.29) is 25.6 Å². The summed E-state index contributed by atoms with van der Waals surface area (Å²) >= 11 is 0. The third kappa shape index (κ3) is 3.95. The van der Waals surface area contributed by atoms with Crippen LogP contribution >= 0.6 is 0 Å². The lowest BCUT2D eigenvalue weighted by Gasteiger charge is -2.32. The Morgan fingerprint density at radius 1 is 1.19 bits per heavy atom. The van der Waals surface area contributed by atoms with Gasteiger partial charge in [-0.1, -0.05) is 6.07 Å². The summed E-state index contributed by atoms with van der Waals surface area (Å²) in [6.07, 6.45) is -1.89. The fourth-order valence-corrected chi connectivity index (χ4v) is 3.30. The number of alkyl halides is 2. The zero-order valence-corrected chi connectivity index (χ0v) is 14.7. The molecule has 1 aromatic rings. The van der Waals surface area contributed by atoms with E-state index in [4.69, 9.17) is 4.74 Å². The van der Waals surface area contributed by atoms with E-state index < -0.39 is 18.6 Å². The number of rotatable bonds is 3. The standard InChI is InChI=1S/C18H23F2N3O3/c1-12-13(17(24)22-7-2-3-8-22)5-4-6-14(12)21-18(25)23-9-10-26-15(11-23)16(19)20/h4-6,15-16H,2-3,7-11H2,1H3,(H,21,25). The van der Waals surface area contributed by atoms with Crippen molar-refractivity contribution in [1.82, 2.24) is 9.80 Å². The van der Waals surface area contributed by atoms with E-state index in [1.54, 1.807) is 25.1 Å². The van der Waals surface area contributed by atoms with Crippen LogP contribution in [0.15, 0.2) is 18.2 Å². The third-order valence-corrected chi connectivity index (χ3v) is 4.86. The monoisotopic (exact) mass is 367 g/mol. The van der Waals surface area contributed by atoms with E-state index in [1.807, 2.05) is 4.90 Å². The Hall–Kier alpha value is -2.22. The molecular weight excluding hydrogens is 344 g/mol. The van der Waals surface area contributed by atoms with Crippen LogP contribution in [0.5, 0.6) is 0 Å². The summed E-state index contributed by atoms with van der Waals surface area (Å²) in [7, 11) is 0. The first-order chi connectivity index (χ1) is 12.5. The molecule has 0 bridgehead atoms. The molecule has 3 rings (SSSR count). The van der Waals surface area contributed by atoms with Crippen molar-refractivity contribution in [3.8, 4) is 0 Å². The highest BCUT2D eigenvalue weighted by molar-refractivity contribution is 5.99. The van der Waals surface area contributed by atoms with E-state index in [0.717, 1.165) is 25.9 Å². The van der Waals surface area contributed by atoms with Crippen LogP contribution in [0.25, 0.3) is 0 Å². The van der Waals surface area contributed by atoms with Gasteiger partial charge in [0.25, 0.3) is 12.3 Å². The minimum Gasteiger partial charge on any atom is -0.369 e. The number of morpholine rings is 1. The molecule has 26 heavy (non-hydrogen) atoms. The third-order valence-electron chi connectivity index (χ3n) is 4.86. The van der Waals surface area contributed by atoms with Gasteiger partial charge in [-0.3, -0.25) is 4.79 Å². The van der Waals surface area contributed by atoms with Gasteiger partial charge in [0.05, 0.1) is 13.2 Å². The summed E-state index contributed by atoms with van der Waals surface area (Å²) < 4.78 is 30.6. The molecule has 1 N–H and O–H groups in total. The average Bonchev–Trinajstić information content (AvgIpc) is 3.17. The van der Waals surface area contributed by atoms with Crippen LogP contribution < -0.4 is 5.32 Å². The van der Waals surface area contributed by atoms with Crippen LogP contribution in [0.1, 0.15) is 28.8 Å². The molecule has 2 aliphatic rings. The number of carbonyl (C=O) groups excluding carboxylic acids is 2. The molecule has 0 aromatic heterocycles. The topological polar surface area (TPSA) is 61.9 Å². The zero-order valence-electron chi connectivity index (χ0n) is 14.7. The normalized spacial score (nSPS) is 20.5. The molecule has 142 valence electrons. The second kappa shape index (κ2) is 7.99. The van der Waals surface area contributed by atoms with Crippen LogP contribution in [0.2, 0.25) is 0 Å². The van der Waals surface area contributed by atoms with Crippen LogP contribution in [0, 0.1) is 6.92 Å². The lowest BCUT2D eigenvalue weighted by atomic mass is 10.1. The van der Waals surface area contributed by atoms with Crippen molar-refractivity contribution in [3.63, 3.8) is 0 Å². The molecule has 1 atom stereocenters. The molecular formula is C18H23F2N3O3. The Balaban J connectivity index is 1.70. The van der Waals surface area contributed by atoms with Gasteiger partial charge in [0.15, 0.2) is 0 Å². The van der Waals surface area contributed by atoms with Crippen LogP contribution in [0.3, 0.4) is 0 Å². The molecule has 1 aromatic carbocycles. The van der Waals surface area contributed by atoms with E-state index in [0.29, 0.717) is 16.8 Å². The first-order valence-electron chi connectivity index (χ1n) is 8.82. The summed E-state index contributed by atoms with van der Waals surface area (Å²) in [6.45, 7) is 3.44. The molecule has 6 nitrogen and oxygen atoms in total. The van der Waals surface area contributed by atoms with Gasteiger partial charge in [-0.2, -0.15) is 0 Å². The van der Waals surface area contributed by atoms with Crippen molar-refractivity contribution in [2.24, 2.45) is 0 Å². The number of nitrogens with zero attached hydrogens (tertiary/aromatic N) is 2. The Labute approximate surface area is 151 Å². The Bertz CT molecular complexity index is 678. The number of hydrogen-bond donors (Lipinski definition) is 1. The highest BCUT2D eigenvalue weighted by Gasteiger charge is 2.30. The lowest BCUT2D eigenvalue weighted by Crippen LogP contribution is -2.49. The minimum absolute atomic E-state index is 0.0414. The quantitative estimate of drug-likeness (QED) is 0.894. The fourth-order valence-electron chi connectivity index (χ4n) is 3.30. The number of amides is 3. The number of likely N-dealkylation sites (tertiary alicyclic amines) is 1. The maximum absolute atomic E-state index is 12.8. The predicted molar refractivity (Wildman–Crippen MR) is 92.7 cm³/mol. The largest absolute Gasteiger partial charge is 0.369 e. The lowest BCUT2D eigenvalue weighted by molar-refractivity contribution is -0.0916. The van der Waals surface area contributed by atoms with Gasteiger partial charge in [-0.15, -0.1) is 0 Å². The van der Waals surface area contributed by atoms with Crippen molar-refractivity contribution >= 4 is 17.6 Å². The van der Waals surface area contributed by atoms with Crippen LogP contribution in [0.4, 0.5) is 19.3 Å². The second-order valence-electron chi connectivity index (χ2n) is 6.60. The fraction of sp³-hybridized carbons (Fsp3) is 0.556. The molecule has 2 saturated heterocycles. The van der Waals surface area contributed by atoms with Gasteiger partial charge >= 0.3 is 6.03 Å². The molecule has 3 amide bonds. The second-order valence-corrected chi connectivity index (χ2v) is 6.60. The summed E-state index contributed by atoms with van der Waals surface area (Å²) in [5.74, 6) is -0.0414. The number of halogens is 2. The van der Waals surface area contributed by atoms with E-state index in [9.17, 15) is 18.4 Å². The first-order valence-corrected chi connectivity index (χ1v) is 8.82. The molecule has 0 spiro atoms. The molecule has 0 saturated carbocycles. The molecule has 2 fully saturated rings. The molecule has 1 unspecified atom stereocenters. The van der Waals surface area contributed by atoms with Crippen molar-refractivity contribution in [1.29, 1.82) is 0 Å². The maximum Gasteiger partial charge on any atom is 0.322 e. The van der Waals surface area contributed by atoms with Gasteiger partial charge in [0.2, 0.25) is 0 Å². The number of urea groups is 1. The van der Waals surface area contributed by atoms with E-state index in [1.165, 1.54) is 4.90 Å². The number of anilines is 1. The number of benzene rings is 1. The van der Waals surface area contributed by atoms with Crippen molar-refractivity contribution in [3.05, 3.63) is 29.3 Å². The van der Waals surface area contributed by atoms with Gasteiger partial charge < -0.3 is 19.9 Å². The summed E-state index contributed by atoms with van der Waals surface area (Å²) in [4.78, 5) is 28.2. The Morgan fingerprint density at radius 3 is 2.62 bits per heavy atom. The Morgan fingerprint density at radius 2 is 1.92 bits per heavy atom. The van der Waals surface area contributed by atoms with Gasteiger partial charge in [-0.25, -0.2) is 13.6 Å². The highest BCUT2D eigenvalue weighted by Crippen LogP contribution is 2.23. The number of nitrogens with one attached hydrogen (secondary N) is 1. The Kier molecular flexibility index (Phi) is 5.70. The number of carbonyl (C=O) groups is 2. The molecule has 2 aliphatic heterocycles. The van der Waals surface area contributed by atoms with Gasteiger partial charge in [-0.05, 0) is 37.5 Å². The van der Waals surface area contributed by atoms with E-state index in [2.05, 4.69) is 5.32 Å². The van der Waals surface area contributed by atoms with Crippen LogP contribution in [-0.2, 0) is 4.74 Å². The van der Waals surface area contributed by atoms with Gasteiger partial charge in [0.1, 0.15) is 6.10 Å². The maximum atomic E-state index is 12.8. The molecule has 2 heterocycles. The molecule has 8 heteroatoms. The van der Waals surface area contributed by atoms with E-state index >= 15 is 0 Å². The summed E-state index contributed by atoms with van der Waals surface area (Å²) in [6, 6.07) is 4.70. The van der Waals surface area contributed by atoms with Crippen molar-refractivity contribution < 1.29 is 23.1 Å². The number of hydrogen-bond acceptors (Lipinski definition) is 3. The SMILES string of the molecule is Cc1c(NC(=O)N2CCOC(C(F)F)C2)cccc1C(=O)N1CCCC1. The van der Waals surface area contributed by atoms with Crippen molar-refractivity contribution in [2.75, 3.05) is 38.1 Å².